The first kappa shape index (κ1) is 14.8. The molecule has 0 bridgehead atoms. The van der Waals surface area contributed by atoms with Crippen molar-refractivity contribution in [1.82, 2.24) is 15.2 Å². The summed E-state index contributed by atoms with van der Waals surface area (Å²) in [6, 6.07) is 2.97. The summed E-state index contributed by atoms with van der Waals surface area (Å²) in [5, 5.41) is 14.0. The molecule has 2 heterocycles. The number of aromatic nitrogens is 3. The molecule has 9 nitrogen and oxygen atoms in total. The fourth-order valence-electron chi connectivity index (χ4n) is 1.55. The minimum Gasteiger partial charge on any atom is -0.478 e. The number of aromatic carboxylic acids is 1. The third-order valence-corrected chi connectivity index (χ3v) is 3.74. The third kappa shape index (κ3) is 3.11. The molecule has 0 atom stereocenters. The number of carboxylic acid groups (broad SMARTS) is 1. The highest BCUT2D eigenvalue weighted by Gasteiger charge is 2.26. The number of aromatic amines is 1. The van der Waals surface area contributed by atoms with Gasteiger partial charge in [-0.1, -0.05) is 0 Å². The lowest BCUT2D eigenvalue weighted by molar-refractivity contribution is 0.0692. The molecule has 0 saturated heterocycles. The first-order valence-corrected chi connectivity index (χ1v) is 7.31. The molecule has 2 aromatic heterocycles. The summed E-state index contributed by atoms with van der Waals surface area (Å²) in [4.78, 5) is 14.9. The van der Waals surface area contributed by atoms with E-state index in [0.29, 0.717) is 6.61 Å². The van der Waals surface area contributed by atoms with Gasteiger partial charge in [0.05, 0.1) is 12.8 Å². The van der Waals surface area contributed by atoms with Crippen LogP contribution < -0.4 is 9.46 Å². The van der Waals surface area contributed by atoms with E-state index in [-0.39, 0.29) is 11.6 Å². The second-order valence-corrected chi connectivity index (χ2v) is 5.43. The molecule has 2 rings (SSSR count). The van der Waals surface area contributed by atoms with E-state index in [9.17, 15) is 13.2 Å². The fourth-order valence-corrected chi connectivity index (χ4v) is 2.70. The minimum absolute atomic E-state index is 0.0972. The largest absolute Gasteiger partial charge is 0.478 e. The second-order valence-electron chi connectivity index (χ2n) is 3.81. The molecule has 0 aromatic carbocycles. The standard InChI is InChI=1S/C11H12N4O5S/c1-2-20-9-8(4-3-5-12-9)15-21(18,19)10-7(11(16)17)6-13-14-10/h3-6,15H,2H2,1H3,(H,13,14)(H,16,17). The van der Waals surface area contributed by atoms with Crippen LogP contribution in [0.2, 0.25) is 0 Å². The van der Waals surface area contributed by atoms with Gasteiger partial charge in [0.25, 0.3) is 10.0 Å². The molecular formula is C11H12N4O5S. The van der Waals surface area contributed by atoms with E-state index >= 15 is 0 Å². The van der Waals surface area contributed by atoms with Gasteiger partial charge in [0.1, 0.15) is 11.3 Å². The Morgan fingerprint density at radius 3 is 2.95 bits per heavy atom. The van der Waals surface area contributed by atoms with Gasteiger partial charge in [0.15, 0.2) is 5.03 Å². The number of carbonyl (C=O) groups is 1. The Hall–Kier alpha value is -2.62. The van der Waals surface area contributed by atoms with Gasteiger partial charge in [-0.05, 0) is 19.1 Å². The molecule has 0 fully saturated rings. The number of rotatable bonds is 6. The number of pyridine rings is 1. The van der Waals surface area contributed by atoms with Crippen LogP contribution in [-0.2, 0) is 10.0 Å². The Morgan fingerprint density at radius 2 is 2.29 bits per heavy atom. The summed E-state index contributed by atoms with van der Waals surface area (Å²) in [6.45, 7) is 2.03. The molecule has 112 valence electrons. The molecule has 0 aliphatic carbocycles. The van der Waals surface area contributed by atoms with Gasteiger partial charge < -0.3 is 9.84 Å². The normalized spacial score (nSPS) is 11.1. The number of ether oxygens (including phenoxy) is 1. The number of nitrogens with zero attached hydrogens (tertiary/aromatic N) is 2. The highest BCUT2D eigenvalue weighted by Crippen LogP contribution is 2.24. The Balaban J connectivity index is 2.38. The highest BCUT2D eigenvalue weighted by molar-refractivity contribution is 7.92. The van der Waals surface area contributed by atoms with E-state index < -0.39 is 26.6 Å². The van der Waals surface area contributed by atoms with Crippen LogP contribution in [0.3, 0.4) is 0 Å². The summed E-state index contributed by atoms with van der Waals surface area (Å²) in [5.74, 6) is -1.31. The first-order valence-electron chi connectivity index (χ1n) is 5.83. The van der Waals surface area contributed by atoms with Crippen molar-refractivity contribution in [1.29, 1.82) is 0 Å². The lowest BCUT2D eigenvalue weighted by atomic mass is 10.4. The van der Waals surface area contributed by atoms with Crippen molar-refractivity contribution in [3.05, 3.63) is 30.1 Å². The van der Waals surface area contributed by atoms with Gasteiger partial charge in [-0.3, -0.25) is 9.82 Å². The van der Waals surface area contributed by atoms with Crippen molar-refractivity contribution in [2.24, 2.45) is 0 Å². The maximum absolute atomic E-state index is 12.2. The molecule has 0 radical (unpaired) electrons. The van der Waals surface area contributed by atoms with Crippen LogP contribution in [0, 0.1) is 0 Å². The summed E-state index contributed by atoms with van der Waals surface area (Å²) >= 11 is 0. The monoisotopic (exact) mass is 312 g/mol. The zero-order valence-corrected chi connectivity index (χ0v) is 11.7. The van der Waals surface area contributed by atoms with E-state index in [4.69, 9.17) is 9.84 Å². The predicted molar refractivity (Wildman–Crippen MR) is 71.8 cm³/mol. The van der Waals surface area contributed by atoms with E-state index in [1.807, 2.05) is 0 Å². The fraction of sp³-hybridized carbons (Fsp3) is 0.182. The van der Waals surface area contributed by atoms with Crippen molar-refractivity contribution < 1.29 is 23.1 Å². The SMILES string of the molecule is CCOc1ncccc1NS(=O)(=O)c1[nH]ncc1C(=O)O. The third-order valence-electron chi connectivity index (χ3n) is 2.40. The number of carboxylic acids is 1. The van der Waals surface area contributed by atoms with Crippen LogP contribution >= 0.6 is 0 Å². The van der Waals surface area contributed by atoms with Crippen molar-refractivity contribution in [3.63, 3.8) is 0 Å². The van der Waals surface area contributed by atoms with Gasteiger partial charge in [-0.15, -0.1) is 0 Å². The molecule has 2 aromatic rings. The first-order chi connectivity index (χ1) is 9.95. The van der Waals surface area contributed by atoms with E-state index in [0.717, 1.165) is 6.20 Å². The smallest absolute Gasteiger partial charge is 0.340 e. The quantitative estimate of drug-likeness (QED) is 0.714. The van der Waals surface area contributed by atoms with Gasteiger partial charge >= 0.3 is 5.97 Å². The van der Waals surface area contributed by atoms with Gasteiger partial charge in [-0.2, -0.15) is 13.5 Å². The Labute approximate surface area is 120 Å². The van der Waals surface area contributed by atoms with Crippen LogP contribution in [0.15, 0.2) is 29.6 Å². The summed E-state index contributed by atoms with van der Waals surface area (Å²) in [6.07, 6.45) is 2.37. The molecule has 3 N–H and O–H groups in total. The molecule has 10 heteroatoms. The van der Waals surface area contributed by atoms with E-state index in [1.165, 1.54) is 18.3 Å². The Bertz CT molecular complexity index is 755. The van der Waals surface area contributed by atoms with E-state index in [1.54, 1.807) is 6.92 Å². The Kier molecular flexibility index (Phi) is 4.08. The highest BCUT2D eigenvalue weighted by atomic mass is 32.2. The van der Waals surface area contributed by atoms with Crippen LogP contribution in [0.25, 0.3) is 0 Å². The zero-order valence-electron chi connectivity index (χ0n) is 10.9. The van der Waals surface area contributed by atoms with Gasteiger partial charge in [0.2, 0.25) is 5.88 Å². The lowest BCUT2D eigenvalue weighted by Crippen LogP contribution is -2.17. The number of hydrogen-bond donors (Lipinski definition) is 3. The molecule has 0 saturated carbocycles. The Morgan fingerprint density at radius 1 is 1.52 bits per heavy atom. The van der Waals surface area contributed by atoms with Crippen molar-refractivity contribution >= 4 is 21.7 Å². The number of H-pyrrole nitrogens is 1. The maximum atomic E-state index is 12.2. The summed E-state index contributed by atoms with van der Waals surface area (Å²) in [7, 11) is -4.16. The molecule has 0 spiro atoms. The number of sulfonamides is 1. The summed E-state index contributed by atoms with van der Waals surface area (Å²) in [5.41, 5.74) is -0.352. The number of anilines is 1. The molecular weight excluding hydrogens is 300 g/mol. The topological polar surface area (TPSA) is 134 Å². The lowest BCUT2D eigenvalue weighted by Gasteiger charge is -2.10. The second kappa shape index (κ2) is 5.79. The van der Waals surface area contributed by atoms with Crippen LogP contribution in [0.4, 0.5) is 5.69 Å². The molecule has 0 amide bonds. The maximum Gasteiger partial charge on any atom is 0.340 e. The van der Waals surface area contributed by atoms with Gasteiger partial charge in [0, 0.05) is 6.20 Å². The van der Waals surface area contributed by atoms with Crippen LogP contribution in [0.1, 0.15) is 17.3 Å². The zero-order chi connectivity index (χ0) is 15.5. The minimum atomic E-state index is -4.16. The number of hydrogen-bond acceptors (Lipinski definition) is 6. The van der Waals surface area contributed by atoms with Crippen molar-refractivity contribution in [2.45, 2.75) is 11.9 Å². The molecule has 21 heavy (non-hydrogen) atoms. The van der Waals surface area contributed by atoms with Crippen molar-refractivity contribution in [3.8, 4) is 5.88 Å². The average Bonchev–Trinajstić information content (AvgIpc) is 2.91. The number of nitrogens with one attached hydrogen (secondary N) is 2. The van der Waals surface area contributed by atoms with Crippen molar-refractivity contribution in [2.75, 3.05) is 11.3 Å². The van der Waals surface area contributed by atoms with Crippen LogP contribution in [0.5, 0.6) is 5.88 Å². The molecule has 0 aliphatic rings. The van der Waals surface area contributed by atoms with Crippen LogP contribution in [-0.4, -0.2) is 41.3 Å². The summed E-state index contributed by atoms with van der Waals surface area (Å²) < 4.78 is 31.8. The molecule has 0 unspecified atom stereocenters. The average molecular weight is 312 g/mol. The molecule has 0 aliphatic heterocycles. The van der Waals surface area contributed by atoms with Gasteiger partial charge in [-0.25, -0.2) is 9.78 Å². The van der Waals surface area contributed by atoms with E-state index in [2.05, 4.69) is 19.9 Å². The predicted octanol–water partition coefficient (Wildman–Crippen LogP) is 0.702.